The molecule has 2 aromatic heterocycles. The average Bonchev–Trinajstić information content (AvgIpc) is 2.98. The van der Waals surface area contributed by atoms with Gasteiger partial charge in [-0.25, -0.2) is 9.78 Å². The largest absolute Gasteiger partial charge is 0.477 e. The van der Waals surface area contributed by atoms with Crippen LogP contribution in [0.2, 0.25) is 0 Å². The van der Waals surface area contributed by atoms with Crippen LogP contribution >= 0.6 is 0 Å². The number of amides is 1. The van der Waals surface area contributed by atoms with Crippen molar-refractivity contribution < 1.29 is 14.7 Å². The molecule has 0 unspecified atom stereocenters. The van der Waals surface area contributed by atoms with Crippen LogP contribution < -0.4 is 5.32 Å². The molecule has 1 amide bonds. The number of aromatic nitrogens is 2. The summed E-state index contributed by atoms with van der Waals surface area (Å²) in [6.45, 7) is 6.33. The van der Waals surface area contributed by atoms with Crippen molar-refractivity contribution in [3.63, 3.8) is 0 Å². The van der Waals surface area contributed by atoms with E-state index in [0.717, 1.165) is 25.9 Å². The number of pyridine rings is 1. The van der Waals surface area contributed by atoms with Crippen molar-refractivity contribution in [2.24, 2.45) is 0 Å². The lowest BCUT2D eigenvalue weighted by Crippen LogP contribution is -2.46. The summed E-state index contributed by atoms with van der Waals surface area (Å²) in [4.78, 5) is 32.8. The van der Waals surface area contributed by atoms with Gasteiger partial charge in [0, 0.05) is 25.2 Å². The fraction of sp³-hybridized carbons (Fsp3) is 0.471. The Balaban J connectivity index is 1.67. The smallest absolute Gasteiger partial charge is 0.354 e. The summed E-state index contributed by atoms with van der Waals surface area (Å²) in [6, 6.07) is 5.35. The fourth-order valence-corrected chi connectivity index (χ4v) is 3.07. The van der Waals surface area contributed by atoms with Crippen LogP contribution in [0.25, 0.3) is 11.0 Å². The van der Waals surface area contributed by atoms with E-state index in [4.69, 9.17) is 5.11 Å². The number of carboxylic acid groups (broad SMARTS) is 1. The van der Waals surface area contributed by atoms with E-state index in [1.54, 1.807) is 12.1 Å². The number of hydrogen-bond acceptors (Lipinski definition) is 4. The molecule has 0 aromatic carbocycles. The molecule has 24 heavy (non-hydrogen) atoms. The number of H-pyrrole nitrogens is 1. The first kappa shape index (κ1) is 16.4. The van der Waals surface area contributed by atoms with E-state index in [1.165, 1.54) is 6.07 Å². The van der Waals surface area contributed by atoms with Crippen molar-refractivity contribution >= 4 is 22.9 Å². The van der Waals surface area contributed by atoms with Crippen LogP contribution in [-0.4, -0.2) is 57.0 Å². The van der Waals surface area contributed by atoms with Gasteiger partial charge in [-0.3, -0.25) is 4.79 Å². The molecule has 128 valence electrons. The van der Waals surface area contributed by atoms with Crippen molar-refractivity contribution in [3.05, 3.63) is 29.6 Å². The van der Waals surface area contributed by atoms with Gasteiger partial charge in [0.1, 0.15) is 11.4 Å². The van der Waals surface area contributed by atoms with E-state index < -0.39 is 5.97 Å². The summed E-state index contributed by atoms with van der Waals surface area (Å²) in [7, 11) is 0. The molecule has 3 N–H and O–H groups in total. The molecule has 0 aliphatic carbocycles. The number of hydrogen-bond donors (Lipinski definition) is 3. The van der Waals surface area contributed by atoms with Crippen LogP contribution in [0, 0.1) is 0 Å². The minimum atomic E-state index is -1.08. The molecule has 2 aromatic rings. The first-order chi connectivity index (χ1) is 11.4. The highest BCUT2D eigenvalue weighted by molar-refractivity contribution is 5.98. The van der Waals surface area contributed by atoms with E-state index >= 15 is 0 Å². The van der Waals surface area contributed by atoms with Gasteiger partial charge in [0.05, 0.1) is 11.0 Å². The highest BCUT2D eigenvalue weighted by Gasteiger charge is 2.23. The van der Waals surface area contributed by atoms with E-state index in [9.17, 15) is 9.59 Å². The molecule has 0 saturated carbocycles. The van der Waals surface area contributed by atoms with Gasteiger partial charge >= 0.3 is 5.97 Å². The van der Waals surface area contributed by atoms with Crippen molar-refractivity contribution in [1.29, 1.82) is 0 Å². The third kappa shape index (κ3) is 3.41. The molecule has 3 heterocycles. The predicted molar refractivity (Wildman–Crippen MR) is 90.3 cm³/mol. The van der Waals surface area contributed by atoms with Crippen molar-refractivity contribution in [1.82, 2.24) is 20.2 Å². The normalized spacial score (nSPS) is 16.6. The van der Waals surface area contributed by atoms with E-state index in [0.29, 0.717) is 22.8 Å². The third-order valence-electron chi connectivity index (χ3n) is 4.53. The van der Waals surface area contributed by atoms with Gasteiger partial charge in [0.15, 0.2) is 0 Å². The highest BCUT2D eigenvalue weighted by Crippen LogP contribution is 2.16. The fourth-order valence-electron chi connectivity index (χ4n) is 3.07. The van der Waals surface area contributed by atoms with Crippen LogP contribution in [0.3, 0.4) is 0 Å². The van der Waals surface area contributed by atoms with Crippen LogP contribution in [0.5, 0.6) is 0 Å². The van der Waals surface area contributed by atoms with Gasteiger partial charge < -0.3 is 20.3 Å². The zero-order valence-electron chi connectivity index (χ0n) is 13.9. The summed E-state index contributed by atoms with van der Waals surface area (Å²) in [6.07, 6.45) is 1.87. The van der Waals surface area contributed by atoms with Crippen LogP contribution in [0.15, 0.2) is 18.2 Å². The standard InChI is InChI=1S/C17H22N4O3/c1-10(2)21-7-5-11(6-8-21)18-16(22)15-9-14-12(19-15)3-4-13(20-14)17(23)24/h3-4,9-11,19H,5-8H2,1-2H3,(H,18,22)(H,23,24). The summed E-state index contributed by atoms with van der Waals surface area (Å²) in [5.74, 6) is -1.26. The Bertz CT molecular complexity index is 760. The van der Waals surface area contributed by atoms with Gasteiger partial charge in [0.25, 0.3) is 5.91 Å². The maximum absolute atomic E-state index is 12.4. The second-order valence-electron chi connectivity index (χ2n) is 6.49. The molecular weight excluding hydrogens is 308 g/mol. The van der Waals surface area contributed by atoms with Crippen LogP contribution in [-0.2, 0) is 0 Å². The summed E-state index contributed by atoms with van der Waals surface area (Å²) < 4.78 is 0. The summed E-state index contributed by atoms with van der Waals surface area (Å²) >= 11 is 0. The number of nitrogens with zero attached hydrogens (tertiary/aromatic N) is 2. The molecule has 7 heteroatoms. The minimum Gasteiger partial charge on any atom is -0.477 e. The first-order valence-electron chi connectivity index (χ1n) is 8.22. The Hall–Kier alpha value is -2.41. The van der Waals surface area contributed by atoms with Crippen molar-refractivity contribution in [3.8, 4) is 0 Å². The molecule has 3 rings (SSSR count). The number of fused-ring (bicyclic) bond motifs is 1. The van der Waals surface area contributed by atoms with E-state index in [-0.39, 0.29) is 17.6 Å². The Morgan fingerprint density at radius 2 is 2.04 bits per heavy atom. The van der Waals surface area contributed by atoms with E-state index in [1.807, 2.05) is 0 Å². The molecule has 0 atom stereocenters. The topological polar surface area (TPSA) is 98.3 Å². The Labute approximate surface area is 140 Å². The maximum Gasteiger partial charge on any atom is 0.354 e. The molecule has 1 aliphatic rings. The molecule has 0 radical (unpaired) electrons. The van der Waals surface area contributed by atoms with Crippen molar-refractivity contribution in [2.45, 2.75) is 38.8 Å². The number of rotatable bonds is 4. The Morgan fingerprint density at radius 1 is 1.33 bits per heavy atom. The van der Waals surface area contributed by atoms with E-state index in [2.05, 4.69) is 34.0 Å². The number of nitrogens with one attached hydrogen (secondary N) is 2. The number of aromatic amines is 1. The lowest BCUT2D eigenvalue weighted by Gasteiger charge is -2.34. The zero-order chi connectivity index (χ0) is 17.3. The summed E-state index contributed by atoms with van der Waals surface area (Å²) in [5, 5.41) is 12.0. The van der Waals surface area contributed by atoms with Gasteiger partial charge in [-0.05, 0) is 44.9 Å². The second kappa shape index (κ2) is 6.60. The van der Waals surface area contributed by atoms with Gasteiger partial charge in [0.2, 0.25) is 0 Å². The van der Waals surface area contributed by atoms with Gasteiger partial charge in [-0.15, -0.1) is 0 Å². The van der Waals surface area contributed by atoms with Gasteiger partial charge in [-0.2, -0.15) is 0 Å². The lowest BCUT2D eigenvalue weighted by molar-refractivity contribution is 0.0690. The molecular formula is C17H22N4O3. The number of piperidine rings is 1. The highest BCUT2D eigenvalue weighted by atomic mass is 16.4. The zero-order valence-corrected chi connectivity index (χ0v) is 13.9. The number of carboxylic acids is 1. The molecule has 1 fully saturated rings. The molecule has 0 spiro atoms. The number of likely N-dealkylation sites (tertiary alicyclic amines) is 1. The predicted octanol–water partition coefficient (Wildman–Crippen LogP) is 1.86. The monoisotopic (exact) mass is 330 g/mol. The first-order valence-corrected chi connectivity index (χ1v) is 8.22. The SMILES string of the molecule is CC(C)N1CCC(NC(=O)c2cc3nc(C(=O)O)ccc3[nH]2)CC1. The average molecular weight is 330 g/mol. The van der Waals surface area contributed by atoms with Gasteiger partial charge in [-0.1, -0.05) is 0 Å². The maximum atomic E-state index is 12.4. The quantitative estimate of drug-likeness (QED) is 0.795. The molecule has 0 bridgehead atoms. The molecule has 7 nitrogen and oxygen atoms in total. The third-order valence-corrected chi connectivity index (χ3v) is 4.53. The Morgan fingerprint density at radius 3 is 2.67 bits per heavy atom. The molecule has 1 saturated heterocycles. The number of carbonyl (C=O) groups is 2. The number of aromatic carboxylic acids is 1. The second-order valence-corrected chi connectivity index (χ2v) is 6.49. The minimum absolute atomic E-state index is 0.0329. The Kier molecular flexibility index (Phi) is 4.53. The van der Waals surface area contributed by atoms with Crippen LogP contribution in [0.1, 0.15) is 47.7 Å². The molecule has 1 aliphatic heterocycles. The lowest BCUT2D eigenvalue weighted by atomic mass is 10.0. The van der Waals surface area contributed by atoms with Crippen molar-refractivity contribution in [2.75, 3.05) is 13.1 Å². The van der Waals surface area contributed by atoms with Crippen LogP contribution in [0.4, 0.5) is 0 Å². The number of carbonyl (C=O) groups excluding carboxylic acids is 1. The summed E-state index contributed by atoms with van der Waals surface area (Å²) in [5.41, 5.74) is 1.51.